The summed E-state index contributed by atoms with van der Waals surface area (Å²) in [6.45, 7) is 10.2. The molecule has 3 heterocycles. The van der Waals surface area contributed by atoms with E-state index in [0.29, 0.717) is 11.7 Å². The number of nitrogens with zero attached hydrogens (tertiary/aromatic N) is 4. The summed E-state index contributed by atoms with van der Waals surface area (Å²) in [5.41, 5.74) is 0.617. The number of rotatable bonds is 4. The monoisotopic (exact) mass is 348 g/mol. The Morgan fingerprint density at radius 1 is 1.44 bits per heavy atom. The smallest absolute Gasteiger partial charge is 0.272 e. The van der Waals surface area contributed by atoms with Gasteiger partial charge in [0.25, 0.3) is 5.91 Å². The summed E-state index contributed by atoms with van der Waals surface area (Å²) >= 11 is 0. The second-order valence-corrected chi connectivity index (χ2v) is 7.74. The lowest BCUT2D eigenvalue weighted by atomic mass is 9.81. The number of likely N-dealkylation sites (tertiary alicyclic amines) is 1. The molecule has 1 spiro atoms. The minimum Gasteiger partial charge on any atom is -0.375 e. The van der Waals surface area contributed by atoms with Crippen molar-refractivity contribution in [2.75, 3.05) is 26.2 Å². The Balaban J connectivity index is 1.70. The van der Waals surface area contributed by atoms with Gasteiger partial charge in [0, 0.05) is 51.6 Å². The third kappa shape index (κ3) is 3.75. The van der Waals surface area contributed by atoms with E-state index in [-0.39, 0.29) is 17.6 Å². The minimum atomic E-state index is -0.0472. The first-order valence-electron chi connectivity index (χ1n) is 9.63. The summed E-state index contributed by atoms with van der Waals surface area (Å²) in [5.74, 6) is 0.0872. The van der Waals surface area contributed by atoms with Crippen molar-refractivity contribution in [2.45, 2.75) is 64.1 Å². The molecule has 140 valence electrons. The molecule has 2 aliphatic heterocycles. The van der Waals surface area contributed by atoms with Crippen molar-refractivity contribution in [1.82, 2.24) is 19.6 Å². The Hall–Kier alpha value is -1.40. The molecule has 6 nitrogen and oxygen atoms in total. The van der Waals surface area contributed by atoms with Crippen LogP contribution in [0.1, 0.15) is 56.9 Å². The molecule has 0 saturated carbocycles. The molecule has 0 bridgehead atoms. The predicted molar refractivity (Wildman–Crippen MR) is 97.6 cm³/mol. The minimum absolute atomic E-state index is 0.0472. The zero-order valence-electron chi connectivity index (χ0n) is 16.1. The lowest BCUT2D eigenvalue weighted by molar-refractivity contribution is -0.131. The van der Waals surface area contributed by atoms with Crippen LogP contribution in [-0.2, 0) is 11.8 Å². The molecular formula is C19H32N4O2. The van der Waals surface area contributed by atoms with E-state index in [2.05, 4.69) is 30.8 Å². The van der Waals surface area contributed by atoms with Crippen LogP contribution >= 0.6 is 0 Å². The number of hydrogen-bond donors (Lipinski definition) is 0. The molecule has 0 aliphatic carbocycles. The largest absolute Gasteiger partial charge is 0.375 e. The number of aryl methyl sites for hydroxylation is 1. The molecular weight excluding hydrogens is 316 g/mol. The number of amides is 1. The van der Waals surface area contributed by atoms with E-state index in [1.54, 1.807) is 16.9 Å². The summed E-state index contributed by atoms with van der Waals surface area (Å²) < 4.78 is 7.94. The zero-order chi connectivity index (χ0) is 18.0. The lowest BCUT2D eigenvalue weighted by Crippen LogP contribution is -2.55. The Morgan fingerprint density at radius 3 is 2.72 bits per heavy atom. The van der Waals surface area contributed by atoms with Gasteiger partial charge in [-0.25, -0.2) is 0 Å². The van der Waals surface area contributed by atoms with Gasteiger partial charge in [0.1, 0.15) is 5.69 Å². The van der Waals surface area contributed by atoms with Crippen LogP contribution in [-0.4, -0.2) is 69.4 Å². The summed E-state index contributed by atoms with van der Waals surface area (Å²) in [4.78, 5) is 17.5. The van der Waals surface area contributed by atoms with Crippen LogP contribution in [0, 0.1) is 0 Å². The maximum atomic E-state index is 13.0. The van der Waals surface area contributed by atoms with E-state index in [0.717, 1.165) is 51.9 Å². The third-order valence-corrected chi connectivity index (χ3v) is 5.99. The maximum Gasteiger partial charge on any atom is 0.272 e. The van der Waals surface area contributed by atoms with Gasteiger partial charge in [-0.05, 0) is 52.5 Å². The zero-order valence-corrected chi connectivity index (χ0v) is 16.1. The number of aromatic nitrogens is 2. The molecule has 2 fully saturated rings. The molecule has 6 heteroatoms. The molecule has 1 aromatic heterocycles. The number of carbonyl (C=O) groups is 1. The van der Waals surface area contributed by atoms with Crippen LogP contribution in [0.25, 0.3) is 0 Å². The van der Waals surface area contributed by atoms with E-state index >= 15 is 0 Å². The van der Waals surface area contributed by atoms with E-state index in [9.17, 15) is 4.79 Å². The van der Waals surface area contributed by atoms with E-state index < -0.39 is 0 Å². The number of ether oxygens (including phenoxy) is 1. The van der Waals surface area contributed by atoms with Gasteiger partial charge in [-0.15, -0.1) is 0 Å². The Bertz CT molecular complexity index is 590. The van der Waals surface area contributed by atoms with Crippen molar-refractivity contribution in [3.8, 4) is 0 Å². The molecule has 0 aromatic carbocycles. The summed E-state index contributed by atoms with van der Waals surface area (Å²) in [7, 11) is 1.83. The summed E-state index contributed by atoms with van der Waals surface area (Å²) in [6, 6.07) is 2.66. The SMILES string of the molecule is CCN(C(=O)c1ccnn1C)[C@H]1CCOC2(CCN(C(C)C)CC2)C1. The van der Waals surface area contributed by atoms with Gasteiger partial charge in [-0.3, -0.25) is 9.48 Å². The quantitative estimate of drug-likeness (QED) is 0.838. The highest BCUT2D eigenvalue weighted by Gasteiger charge is 2.43. The highest BCUT2D eigenvalue weighted by atomic mass is 16.5. The first-order valence-corrected chi connectivity index (χ1v) is 9.63. The van der Waals surface area contributed by atoms with E-state index in [1.165, 1.54) is 0 Å². The van der Waals surface area contributed by atoms with Crippen molar-refractivity contribution in [1.29, 1.82) is 0 Å². The Labute approximate surface area is 151 Å². The highest BCUT2D eigenvalue weighted by molar-refractivity contribution is 5.92. The van der Waals surface area contributed by atoms with Crippen LogP contribution in [0.15, 0.2) is 12.3 Å². The van der Waals surface area contributed by atoms with Crippen molar-refractivity contribution < 1.29 is 9.53 Å². The molecule has 2 aliphatic rings. The van der Waals surface area contributed by atoms with Gasteiger partial charge in [0.15, 0.2) is 0 Å². The molecule has 0 unspecified atom stereocenters. The van der Waals surface area contributed by atoms with Crippen LogP contribution in [0.4, 0.5) is 0 Å². The molecule has 0 radical (unpaired) electrons. The first kappa shape index (κ1) is 18.4. The maximum absolute atomic E-state index is 13.0. The summed E-state index contributed by atoms with van der Waals surface area (Å²) in [6.07, 6.45) is 5.70. The number of hydrogen-bond acceptors (Lipinski definition) is 4. The lowest BCUT2D eigenvalue weighted by Gasteiger charge is -2.49. The van der Waals surface area contributed by atoms with E-state index in [4.69, 9.17) is 4.74 Å². The van der Waals surface area contributed by atoms with Crippen molar-refractivity contribution >= 4 is 5.91 Å². The highest BCUT2D eigenvalue weighted by Crippen LogP contribution is 2.37. The first-order chi connectivity index (χ1) is 12.0. The van der Waals surface area contributed by atoms with Crippen molar-refractivity contribution in [2.24, 2.45) is 7.05 Å². The second kappa shape index (κ2) is 7.46. The molecule has 25 heavy (non-hydrogen) atoms. The molecule has 1 amide bonds. The Kier molecular flexibility index (Phi) is 5.49. The fraction of sp³-hybridized carbons (Fsp3) is 0.789. The van der Waals surface area contributed by atoms with Gasteiger partial charge in [0.05, 0.1) is 5.60 Å². The third-order valence-electron chi connectivity index (χ3n) is 5.99. The normalized spacial score (nSPS) is 24.0. The van der Waals surface area contributed by atoms with Gasteiger partial charge in [-0.2, -0.15) is 5.10 Å². The van der Waals surface area contributed by atoms with Gasteiger partial charge < -0.3 is 14.5 Å². The van der Waals surface area contributed by atoms with Crippen LogP contribution in [0.2, 0.25) is 0 Å². The van der Waals surface area contributed by atoms with Crippen LogP contribution in [0.5, 0.6) is 0 Å². The average molecular weight is 348 g/mol. The predicted octanol–water partition coefficient (Wildman–Crippen LogP) is 2.30. The summed E-state index contributed by atoms with van der Waals surface area (Å²) in [5, 5.41) is 4.15. The molecule has 1 aromatic rings. The van der Waals surface area contributed by atoms with Gasteiger partial charge in [-0.1, -0.05) is 0 Å². The topological polar surface area (TPSA) is 50.6 Å². The van der Waals surface area contributed by atoms with Gasteiger partial charge >= 0.3 is 0 Å². The van der Waals surface area contributed by atoms with Gasteiger partial charge in [0.2, 0.25) is 0 Å². The van der Waals surface area contributed by atoms with E-state index in [1.807, 2.05) is 11.9 Å². The number of piperidine rings is 1. The Morgan fingerprint density at radius 2 is 2.16 bits per heavy atom. The van der Waals surface area contributed by atoms with Crippen LogP contribution in [0.3, 0.4) is 0 Å². The molecule has 0 N–H and O–H groups in total. The van der Waals surface area contributed by atoms with Crippen LogP contribution < -0.4 is 0 Å². The molecule has 1 atom stereocenters. The standard InChI is InChI=1S/C19H32N4O2/c1-5-23(18(24)17-6-10-20-21(17)4)16-7-13-25-19(14-16)8-11-22(12-9-19)15(2)3/h6,10,15-16H,5,7-9,11-14H2,1-4H3/t16-/m0/s1. The molecule has 3 rings (SSSR count). The average Bonchev–Trinajstić information content (AvgIpc) is 3.02. The second-order valence-electron chi connectivity index (χ2n) is 7.74. The molecule has 2 saturated heterocycles. The number of carbonyl (C=O) groups excluding carboxylic acids is 1. The fourth-order valence-corrected chi connectivity index (χ4v) is 4.36. The van der Waals surface area contributed by atoms with Crippen molar-refractivity contribution in [3.05, 3.63) is 18.0 Å². The van der Waals surface area contributed by atoms with Crippen molar-refractivity contribution in [3.63, 3.8) is 0 Å². The fourth-order valence-electron chi connectivity index (χ4n) is 4.36.